The van der Waals surface area contributed by atoms with Crippen LogP contribution >= 0.6 is 12.4 Å². The second-order valence-corrected chi connectivity index (χ2v) is 8.16. The zero-order valence-corrected chi connectivity index (χ0v) is 19.2. The van der Waals surface area contributed by atoms with Crippen LogP contribution in [0.3, 0.4) is 0 Å². The Hall–Kier alpha value is 0.170. The zero-order chi connectivity index (χ0) is 19.1. The predicted molar refractivity (Wildman–Crippen MR) is 124 cm³/mol. The van der Waals surface area contributed by atoms with Crippen molar-refractivity contribution in [1.29, 1.82) is 0 Å². The standard InChI is InChI=1S/C23H50N2O.ClH/c1-2-3-4-5-6-7-8-9-10-11-12-13-14-15-16-17-18-19-20-25-21-23(24)22-26;/h23,25-26H,2-22,24H2,1H3;1H/t23-;/m1./s1. The van der Waals surface area contributed by atoms with Gasteiger partial charge < -0.3 is 16.2 Å². The lowest BCUT2D eigenvalue weighted by molar-refractivity contribution is 0.262. The van der Waals surface area contributed by atoms with Gasteiger partial charge in [0, 0.05) is 12.6 Å². The molecule has 0 unspecified atom stereocenters. The first kappa shape index (κ1) is 29.4. The van der Waals surface area contributed by atoms with Crippen molar-refractivity contribution < 1.29 is 5.11 Å². The maximum atomic E-state index is 8.83. The average Bonchev–Trinajstić information content (AvgIpc) is 2.66. The number of aliphatic hydroxyl groups excluding tert-OH is 1. The Morgan fingerprint density at radius 3 is 1.30 bits per heavy atom. The van der Waals surface area contributed by atoms with Crippen molar-refractivity contribution in [2.24, 2.45) is 5.73 Å². The van der Waals surface area contributed by atoms with Crippen LogP contribution < -0.4 is 11.1 Å². The summed E-state index contributed by atoms with van der Waals surface area (Å²) in [7, 11) is 0. The molecular weight excluding hydrogens is 356 g/mol. The van der Waals surface area contributed by atoms with Crippen LogP contribution in [-0.2, 0) is 0 Å². The van der Waals surface area contributed by atoms with E-state index in [0.29, 0.717) is 0 Å². The highest BCUT2D eigenvalue weighted by Crippen LogP contribution is 2.14. The third-order valence-corrected chi connectivity index (χ3v) is 5.35. The second-order valence-electron chi connectivity index (χ2n) is 8.16. The molecule has 0 saturated heterocycles. The van der Waals surface area contributed by atoms with Crippen molar-refractivity contribution in [1.82, 2.24) is 5.32 Å². The van der Waals surface area contributed by atoms with Gasteiger partial charge in [-0.05, 0) is 13.0 Å². The number of aliphatic hydroxyl groups is 1. The Labute approximate surface area is 177 Å². The number of nitrogens with two attached hydrogens (primary N) is 1. The molecular formula is C23H51ClN2O. The molecule has 0 amide bonds. The van der Waals surface area contributed by atoms with Crippen LogP contribution in [0.15, 0.2) is 0 Å². The Morgan fingerprint density at radius 1 is 0.630 bits per heavy atom. The molecule has 0 radical (unpaired) electrons. The van der Waals surface area contributed by atoms with Gasteiger partial charge in [-0.1, -0.05) is 116 Å². The molecule has 1 atom stereocenters. The second kappa shape index (κ2) is 26.2. The molecule has 0 aromatic heterocycles. The third-order valence-electron chi connectivity index (χ3n) is 5.35. The van der Waals surface area contributed by atoms with E-state index >= 15 is 0 Å². The first-order chi connectivity index (χ1) is 12.8. The van der Waals surface area contributed by atoms with Crippen molar-refractivity contribution >= 4 is 12.4 Å². The Morgan fingerprint density at radius 2 is 0.963 bits per heavy atom. The molecule has 0 fully saturated rings. The highest BCUT2D eigenvalue weighted by atomic mass is 35.5. The van der Waals surface area contributed by atoms with E-state index in [1.165, 1.54) is 116 Å². The molecule has 0 rings (SSSR count). The van der Waals surface area contributed by atoms with Crippen LogP contribution in [0.25, 0.3) is 0 Å². The summed E-state index contributed by atoms with van der Waals surface area (Å²) in [5.74, 6) is 0. The maximum absolute atomic E-state index is 8.83. The van der Waals surface area contributed by atoms with Gasteiger partial charge in [-0.15, -0.1) is 12.4 Å². The molecule has 0 spiro atoms. The number of hydrogen-bond donors (Lipinski definition) is 3. The summed E-state index contributed by atoms with van der Waals surface area (Å²) in [6.07, 6.45) is 25.5. The topological polar surface area (TPSA) is 58.3 Å². The zero-order valence-electron chi connectivity index (χ0n) is 18.4. The van der Waals surface area contributed by atoms with Gasteiger partial charge in [-0.2, -0.15) is 0 Å². The van der Waals surface area contributed by atoms with E-state index in [1.807, 2.05) is 0 Å². The molecule has 166 valence electrons. The lowest BCUT2D eigenvalue weighted by atomic mass is 10.0. The molecule has 0 aliphatic rings. The van der Waals surface area contributed by atoms with Gasteiger partial charge >= 0.3 is 0 Å². The molecule has 0 heterocycles. The highest BCUT2D eigenvalue weighted by Gasteiger charge is 1.98. The van der Waals surface area contributed by atoms with Crippen LogP contribution in [-0.4, -0.2) is 30.8 Å². The number of hydrogen-bond acceptors (Lipinski definition) is 3. The Kier molecular flexibility index (Phi) is 28.5. The van der Waals surface area contributed by atoms with E-state index in [1.54, 1.807) is 0 Å². The lowest BCUT2D eigenvalue weighted by Gasteiger charge is -2.09. The molecule has 27 heavy (non-hydrogen) atoms. The van der Waals surface area contributed by atoms with Crippen molar-refractivity contribution in [2.75, 3.05) is 19.7 Å². The largest absolute Gasteiger partial charge is 0.395 e. The van der Waals surface area contributed by atoms with Gasteiger partial charge in [0.05, 0.1) is 6.61 Å². The lowest BCUT2D eigenvalue weighted by Crippen LogP contribution is -2.36. The summed E-state index contributed by atoms with van der Waals surface area (Å²) in [4.78, 5) is 0. The highest BCUT2D eigenvalue weighted by molar-refractivity contribution is 5.85. The van der Waals surface area contributed by atoms with Gasteiger partial charge in [-0.3, -0.25) is 0 Å². The first-order valence-corrected chi connectivity index (χ1v) is 11.9. The van der Waals surface area contributed by atoms with Crippen LogP contribution in [0, 0.1) is 0 Å². The summed E-state index contributed by atoms with van der Waals surface area (Å²) in [6, 6.07) is -0.106. The van der Waals surface area contributed by atoms with E-state index < -0.39 is 0 Å². The van der Waals surface area contributed by atoms with Crippen LogP contribution in [0.1, 0.15) is 122 Å². The van der Waals surface area contributed by atoms with Gasteiger partial charge in [0.15, 0.2) is 0 Å². The smallest absolute Gasteiger partial charge is 0.0594 e. The number of nitrogens with one attached hydrogen (secondary N) is 1. The molecule has 0 aliphatic carbocycles. The third kappa shape index (κ3) is 26.2. The molecule has 0 saturated carbocycles. The Balaban J connectivity index is 0. The summed E-state index contributed by atoms with van der Waals surface area (Å²) < 4.78 is 0. The first-order valence-electron chi connectivity index (χ1n) is 11.9. The number of unbranched alkanes of at least 4 members (excludes halogenated alkanes) is 17. The minimum Gasteiger partial charge on any atom is -0.395 e. The minimum atomic E-state index is -0.106. The molecule has 0 aromatic carbocycles. The van der Waals surface area contributed by atoms with Crippen LogP contribution in [0.4, 0.5) is 0 Å². The fourth-order valence-corrected chi connectivity index (χ4v) is 3.50. The number of halogens is 1. The molecule has 3 nitrogen and oxygen atoms in total. The van der Waals surface area contributed by atoms with Crippen molar-refractivity contribution in [3.05, 3.63) is 0 Å². The summed E-state index contributed by atoms with van der Waals surface area (Å²) in [5, 5.41) is 12.1. The molecule has 0 aliphatic heterocycles. The monoisotopic (exact) mass is 406 g/mol. The van der Waals surface area contributed by atoms with E-state index in [9.17, 15) is 0 Å². The average molecular weight is 407 g/mol. The summed E-state index contributed by atoms with van der Waals surface area (Å²) in [6.45, 7) is 4.13. The van der Waals surface area contributed by atoms with E-state index in [4.69, 9.17) is 10.8 Å². The summed E-state index contributed by atoms with van der Waals surface area (Å²) >= 11 is 0. The van der Waals surface area contributed by atoms with E-state index in [-0.39, 0.29) is 25.1 Å². The fourth-order valence-electron chi connectivity index (χ4n) is 3.50. The van der Waals surface area contributed by atoms with Crippen molar-refractivity contribution in [2.45, 2.75) is 129 Å². The van der Waals surface area contributed by atoms with E-state index in [0.717, 1.165) is 13.1 Å². The SMILES string of the molecule is CCCCCCCCCCCCCCCCCCCCNC[C@@H](N)CO.Cl. The molecule has 4 N–H and O–H groups in total. The van der Waals surface area contributed by atoms with Gasteiger partial charge in [0.25, 0.3) is 0 Å². The van der Waals surface area contributed by atoms with Crippen molar-refractivity contribution in [3.8, 4) is 0 Å². The minimum absolute atomic E-state index is 0. The van der Waals surface area contributed by atoms with Gasteiger partial charge in [-0.25, -0.2) is 0 Å². The van der Waals surface area contributed by atoms with Gasteiger partial charge in [0.1, 0.15) is 0 Å². The normalized spacial score (nSPS) is 12.1. The molecule has 4 heteroatoms. The summed E-state index contributed by atoms with van der Waals surface area (Å²) in [5.41, 5.74) is 5.64. The maximum Gasteiger partial charge on any atom is 0.0594 e. The molecule has 0 aromatic rings. The number of rotatable bonds is 22. The quantitative estimate of drug-likeness (QED) is 0.183. The Bertz CT molecular complexity index is 255. The predicted octanol–water partition coefficient (Wildman–Crippen LogP) is 6.36. The van der Waals surface area contributed by atoms with Crippen LogP contribution in [0.2, 0.25) is 0 Å². The van der Waals surface area contributed by atoms with Crippen molar-refractivity contribution in [3.63, 3.8) is 0 Å². The van der Waals surface area contributed by atoms with Gasteiger partial charge in [0.2, 0.25) is 0 Å². The fraction of sp³-hybridized carbons (Fsp3) is 1.00. The molecule has 0 bridgehead atoms. The van der Waals surface area contributed by atoms with Crippen LogP contribution in [0.5, 0.6) is 0 Å². The van der Waals surface area contributed by atoms with E-state index in [2.05, 4.69) is 12.2 Å².